The Kier molecular flexibility index (Phi) is 3.14. The van der Waals surface area contributed by atoms with Gasteiger partial charge in [0.1, 0.15) is 12.9 Å². The molecular weight excluding hydrogens is 99.0 g/mol. The highest BCUT2D eigenvalue weighted by Crippen LogP contribution is 1.83. The second-order valence-corrected chi connectivity index (χ2v) is 1.03. The van der Waals surface area contributed by atoms with E-state index in [1.165, 1.54) is 0 Å². The van der Waals surface area contributed by atoms with Gasteiger partial charge in [-0.1, -0.05) is 6.58 Å². The third-order valence-corrected chi connectivity index (χ3v) is 0.407. The number of carbonyl (C=O) groups is 1. The quantitative estimate of drug-likeness (QED) is 0.388. The van der Waals surface area contributed by atoms with Crippen molar-refractivity contribution in [1.29, 1.82) is 0 Å². The Morgan fingerprint density at radius 2 is 2.57 bits per heavy atom. The molecule has 0 aromatic carbocycles. The van der Waals surface area contributed by atoms with Gasteiger partial charge in [0, 0.05) is 5.57 Å². The minimum Gasteiger partial charge on any atom is -0.298 e. The van der Waals surface area contributed by atoms with Crippen LogP contribution in [-0.4, -0.2) is 12.9 Å². The topological polar surface area (TPSA) is 26.3 Å². The molecule has 0 amide bonds. The van der Waals surface area contributed by atoms with Crippen LogP contribution in [0.1, 0.15) is 0 Å². The smallest absolute Gasteiger partial charge is 0.147 e. The van der Waals surface area contributed by atoms with Crippen LogP contribution in [0.3, 0.4) is 0 Å². The minimum absolute atomic E-state index is 0.0995. The number of carbonyl (C=O) groups excluding carboxylic acids is 1. The van der Waals surface area contributed by atoms with Gasteiger partial charge in [0.25, 0.3) is 0 Å². The molecule has 40 valence electrons. The molecule has 0 unspecified atom stereocenters. The summed E-state index contributed by atoms with van der Waals surface area (Å²) in [7, 11) is 0. The van der Waals surface area contributed by atoms with Crippen molar-refractivity contribution in [3.8, 4) is 0 Å². The van der Waals surface area contributed by atoms with Gasteiger partial charge in [0.15, 0.2) is 0 Å². The second kappa shape index (κ2) is 3.49. The predicted molar refractivity (Wildman–Crippen MR) is 22.3 cm³/mol. The summed E-state index contributed by atoms with van der Waals surface area (Å²) >= 11 is 0. The van der Waals surface area contributed by atoms with Crippen LogP contribution in [0.2, 0.25) is 0 Å². The van der Waals surface area contributed by atoms with Crippen LogP contribution in [0.15, 0.2) is 12.2 Å². The SMILES string of the molecule is C=C(C=O)COF. The van der Waals surface area contributed by atoms with Gasteiger partial charge in [-0.2, -0.15) is 4.94 Å². The Morgan fingerprint density at radius 3 is 2.71 bits per heavy atom. The summed E-state index contributed by atoms with van der Waals surface area (Å²) < 4.78 is 10.7. The number of hydrogen-bond acceptors (Lipinski definition) is 2. The van der Waals surface area contributed by atoms with E-state index in [1.54, 1.807) is 0 Å². The lowest BCUT2D eigenvalue weighted by Crippen LogP contribution is -1.89. The van der Waals surface area contributed by atoms with Crippen molar-refractivity contribution in [2.75, 3.05) is 6.61 Å². The van der Waals surface area contributed by atoms with E-state index in [0.29, 0.717) is 6.29 Å². The lowest BCUT2D eigenvalue weighted by molar-refractivity contribution is -0.125. The maximum Gasteiger partial charge on any atom is 0.147 e. The molecule has 0 aliphatic heterocycles. The molecule has 0 radical (unpaired) electrons. The molecule has 0 heterocycles. The van der Waals surface area contributed by atoms with Crippen LogP contribution < -0.4 is 0 Å². The summed E-state index contributed by atoms with van der Waals surface area (Å²) in [5.41, 5.74) is 0.0995. The summed E-state index contributed by atoms with van der Waals surface area (Å²) in [5, 5.41) is 0. The highest BCUT2D eigenvalue weighted by Gasteiger charge is 1.86. The average Bonchev–Trinajstić information content (AvgIpc) is 1.68. The van der Waals surface area contributed by atoms with E-state index >= 15 is 0 Å². The summed E-state index contributed by atoms with van der Waals surface area (Å²) in [4.78, 5) is 12.6. The fourth-order valence-corrected chi connectivity index (χ4v) is 0.104. The fourth-order valence-electron chi connectivity index (χ4n) is 0.104. The van der Waals surface area contributed by atoms with Crippen molar-refractivity contribution in [3.05, 3.63) is 12.2 Å². The van der Waals surface area contributed by atoms with Crippen molar-refractivity contribution in [2.24, 2.45) is 0 Å². The van der Waals surface area contributed by atoms with Crippen LogP contribution in [-0.2, 0) is 9.74 Å². The van der Waals surface area contributed by atoms with E-state index in [-0.39, 0.29) is 12.2 Å². The number of hydrogen-bond donors (Lipinski definition) is 0. The lowest BCUT2D eigenvalue weighted by Gasteiger charge is -1.84. The molecule has 2 nitrogen and oxygen atoms in total. The normalized spacial score (nSPS) is 8.14. The van der Waals surface area contributed by atoms with Gasteiger partial charge in [-0.3, -0.25) is 4.79 Å². The molecule has 0 rings (SSSR count). The highest BCUT2D eigenvalue weighted by molar-refractivity contribution is 5.72. The first-order valence-corrected chi connectivity index (χ1v) is 1.67. The first kappa shape index (κ1) is 6.30. The van der Waals surface area contributed by atoms with Gasteiger partial charge in [0.2, 0.25) is 0 Å². The van der Waals surface area contributed by atoms with Crippen molar-refractivity contribution in [3.63, 3.8) is 0 Å². The molecule has 0 N–H and O–H groups in total. The van der Waals surface area contributed by atoms with E-state index in [0.717, 1.165) is 0 Å². The maximum atomic E-state index is 10.7. The van der Waals surface area contributed by atoms with E-state index in [9.17, 15) is 9.32 Å². The summed E-state index contributed by atoms with van der Waals surface area (Å²) in [5.74, 6) is 0. The average molecular weight is 104 g/mol. The molecule has 3 heteroatoms. The number of halogens is 1. The van der Waals surface area contributed by atoms with Crippen molar-refractivity contribution >= 4 is 6.29 Å². The van der Waals surface area contributed by atoms with E-state index in [4.69, 9.17) is 0 Å². The second-order valence-electron chi connectivity index (χ2n) is 1.03. The number of aldehydes is 1. The Balaban J connectivity index is 3.17. The lowest BCUT2D eigenvalue weighted by atomic mass is 10.4. The van der Waals surface area contributed by atoms with Gasteiger partial charge in [-0.05, 0) is 4.53 Å². The van der Waals surface area contributed by atoms with Gasteiger partial charge >= 0.3 is 0 Å². The van der Waals surface area contributed by atoms with Crippen molar-refractivity contribution in [1.82, 2.24) is 0 Å². The summed E-state index contributed by atoms with van der Waals surface area (Å²) in [6.07, 6.45) is 0.444. The third-order valence-electron chi connectivity index (χ3n) is 0.407. The highest BCUT2D eigenvalue weighted by atomic mass is 19.3. The fraction of sp³-hybridized carbons (Fsp3) is 0.250. The molecule has 0 fully saturated rings. The van der Waals surface area contributed by atoms with E-state index in [2.05, 4.69) is 11.5 Å². The number of rotatable bonds is 3. The van der Waals surface area contributed by atoms with E-state index in [1.807, 2.05) is 0 Å². The predicted octanol–water partition coefficient (Wildman–Crippen LogP) is 0.643. The van der Waals surface area contributed by atoms with Gasteiger partial charge in [-0.25, -0.2) is 0 Å². The molecule has 0 aromatic heterocycles. The van der Waals surface area contributed by atoms with Crippen LogP contribution in [0.4, 0.5) is 4.53 Å². The zero-order chi connectivity index (χ0) is 5.70. The first-order valence-electron chi connectivity index (χ1n) is 1.67. The Bertz CT molecular complexity index is 79.8. The minimum atomic E-state index is -0.330. The zero-order valence-electron chi connectivity index (χ0n) is 3.69. The van der Waals surface area contributed by atoms with Crippen LogP contribution in [0.25, 0.3) is 0 Å². The molecule has 0 spiro atoms. The van der Waals surface area contributed by atoms with Crippen LogP contribution in [0.5, 0.6) is 0 Å². The Hall–Kier alpha value is -0.700. The van der Waals surface area contributed by atoms with Crippen LogP contribution >= 0.6 is 0 Å². The third kappa shape index (κ3) is 3.12. The molecule has 0 aromatic rings. The monoisotopic (exact) mass is 104 g/mol. The standard InChI is InChI=1S/C4H5FO2/c1-4(2-6)3-7-5/h2H,1,3H2. The summed E-state index contributed by atoms with van der Waals surface area (Å²) in [6, 6.07) is 0. The molecule has 7 heavy (non-hydrogen) atoms. The van der Waals surface area contributed by atoms with Crippen LogP contribution in [0, 0.1) is 0 Å². The molecule has 0 saturated carbocycles. The van der Waals surface area contributed by atoms with Gasteiger partial charge in [-0.15, -0.1) is 0 Å². The largest absolute Gasteiger partial charge is 0.298 e. The molecular formula is C4H5FO2. The maximum absolute atomic E-state index is 10.7. The Morgan fingerprint density at radius 1 is 2.00 bits per heavy atom. The van der Waals surface area contributed by atoms with E-state index < -0.39 is 0 Å². The zero-order valence-corrected chi connectivity index (χ0v) is 3.69. The molecule has 0 atom stereocenters. The summed E-state index contributed by atoms with van der Waals surface area (Å²) in [6.45, 7) is 2.80. The Labute approximate surface area is 40.5 Å². The van der Waals surface area contributed by atoms with Gasteiger partial charge in [0.05, 0.1) is 0 Å². The van der Waals surface area contributed by atoms with Gasteiger partial charge < -0.3 is 0 Å². The molecule has 0 saturated heterocycles. The molecule has 0 aliphatic carbocycles. The molecule has 0 aliphatic rings. The van der Waals surface area contributed by atoms with Crippen molar-refractivity contribution in [2.45, 2.75) is 0 Å². The first-order chi connectivity index (χ1) is 3.31. The molecule has 0 bridgehead atoms. The van der Waals surface area contributed by atoms with Crippen molar-refractivity contribution < 1.29 is 14.3 Å².